The molecule has 0 aliphatic carbocycles. The normalized spacial score (nSPS) is 10.8. The van der Waals surface area contributed by atoms with Gasteiger partial charge in [-0.05, 0) is 54.1 Å². The molecule has 0 bridgehead atoms. The predicted octanol–water partition coefficient (Wildman–Crippen LogP) is 4.86. The topological polar surface area (TPSA) is 106 Å². The summed E-state index contributed by atoms with van der Waals surface area (Å²) in [6.07, 6.45) is 1.47. The molecule has 0 fully saturated rings. The summed E-state index contributed by atoms with van der Waals surface area (Å²) in [5.41, 5.74) is 6.17. The second-order valence-electron chi connectivity index (χ2n) is 7.38. The highest BCUT2D eigenvalue weighted by Crippen LogP contribution is 2.23. The lowest BCUT2D eigenvalue weighted by Gasteiger charge is -2.08. The molecule has 1 amide bonds. The van der Waals surface area contributed by atoms with E-state index in [1.165, 1.54) is 13.3 Å². The maximum absolute atomic E-state index is 12.4. The Balaban J connectivity index is 1.32. The fourth-order valence-electron chi connectivity index (χ4n) is 3.13. The summed E-state index contributed by atoms with van der Waals surface area (Å²) in [6.45, 7) is 0.363. The van der Waals surface area contributed by atoms with Crippen molar-refractivity contribution in [2.75, 3.05) is 7.11 Å². The Morgan fingerprint density at radius 3 is 2.51 bits per heavy atom. The Bertz CT molecular complexity index is 1350. The fourth-order valence-corrected chi connectivity index (χ4v) is 3.32. The molecular weight excluding hydrogens is 468 g/mol. The van der Waals surface area contributed by atoms with Crippen molar-refractivity contribution >= 4 is 29.7 Å². The largest absolute Gasteiger partial charge is 0.489 e. The molecule has 3 aromatic carbocycles. The van der Waals surface area contributed by atoms with Crippen molar-refractivity contribution in [3.8, 4) is 17.0 Å². The zero-order valence-corrected chi connectivity index (χ0v) is 19.5. The first kappa shape index (κ1) is 23.7. The number of methoxy groups -OCH3 is 1. The van der Waals surface area contributed by atoms with Crippen molar-refractivity contribution in [1.29, 1.82) is 0 Å². The van der Waals surface area contributed by atoms with E-state index >= 15 is 0 Å². The number of nitrogens with one attached hydrogen (secondary N) is 2. The number of H-pyrrole nitrogens is 1. The van der Waals surface area contributed by atoms with Crippen molar-refractivity contribution in [2.24, 2.45) is 5.10 Å². The van der Waals surface area contributed by atoms with Gasteiger partial charge in [-0.2, -0.15) is 10.2 Å². The van der Waals surface area contributed by atoms with Crippen molar-refractivity contribution in [2.45, 2.75) is 6.61 Å². The van der Waals surface area contributed by atoms with E-state index in [1.807, 2.05) is 48.5 Å². The van der Waals surface area contributed by atoms with E-state index in [0.29, 0.717) is 34.2 Å². The third-order valence-corrected chi connectivity index (χ3v) is 5.40. The molecule has 9 heteroatoms. The molecule has 35 heavy (non-hydrogen) atoms. The molecule has 1 heterocycles. The van der Waals surface area contributed by atoms with E-state index in [4.69, 9.17) is 16.3 Å². The molecule has 0 aliphatic heterocycles. The van der Waals surface area contributed by atoms with Crippen LogP contribution in [0.5, 0.6) is 5.75 Å². The highest BCUT2D eigenvalue weighted by atomic mass is 35.5. The molecule has 2 N–H and O–H groups in total. The summed E-state index contributed by atoms with van der Waals surface area (Å²) in [6, 6.07) is 23.1. The van der Waals surface area contributed by atoms with Crippen LogP contribution in [0.25, 0.3) is 11.3 Å². The van der Waals surface area contributed by atoms with E-state index in [9.17, 15) is 9.59 Å². The van der Waals surface area contributed by atoms with Gasteiger partial charge in [0, 0.05) is 16.1 Å². The SMILES string of the molecule is COC(=O)c1ccc(/C=N/NC(=O)c2cc(-c3ccc(OCc4ccccc4Cl)cc3)n[nH]2)cc1. The summed E-state index contributed by atoms with van der Waals surface area (Å²) >= 11 is 6.16. The summed E-state index contributed by atoms with van der Waals surface area (Å²) in [4.78, 5) is 23.8. The van der Waals surface area contributed by atoms with E-state index in [0.717, 1.165) is 11.1 Å². The maximum Gasteiger partial charge on any atom is 0.337 e. The molecule has 4 aromatic rings. The average molecular weight is 489 g/mol. The van der Waals surface area contributed by atoms with Gasteiger partial charge in [-0.1, -0.05) is 41.9 Å². The van der Waals surface area contributed by atoms with Crippen LogP contribution in [0.1, 0.15) is 32.0 Å². The van der Waals surface area contributed by atoms with Gasteiger partial charge in [-0.3, -0.25) is 9.89 Å². The second kappa shape index (κ2) is 11.1. The first-order valence-electron chi connectivity index (χ1n) is 10.6. The van der Waals surface area contributed by atoms with Gasteiger partial charge in [0.05, 0.1) is 24.6 Å². The number of benzene rings is 3. The lowest BCUT2D eigenvalue weighted by Crippen LogP contribution is -2.18. The Labute approximate surface area is 206 Å². The van der Waals surface area contributed by atoms with Gasteiger partial charge in [0.1, 0.15) is 18.1 Å². The molecule has 8 nitrogen and oxygen atoms in total. The molecule has 0 radical (unpaired) electrons. The number of hydrogen-bond donors (Lipinski definition) is 2. The number of amides is 1. The van der Waals surface area contributed by atoms with Gasteiger partial charge < -0.3 is 9.47 Å². The average Bonchev–Trinajstić information content (AvgIpc) is 3.39. The van der Waals surface area contributed by atoms with Crippen LogP contribution < -0.4 is 10.2 Å². The van der Waals surface area contributed by atoms with Gasteiger partial charge in [0.25, 0.3) is 5.91 Å². The number of rotatable bonds is 8. The molecule has 0 aliphatic rings. The van der Waals surface area contributed by atoms with Crippen molar-refractivity contribution in [3.63, 3.8) is 0 Å². The van der Waals surface area contributed by atoms with Crippen LogP contribution in [0.15, 0.2) is 84.0 Å². The number of aromatic nitrogens is 2. The summed E-state index contributed by atoms with van der Waals surface area (Å²) < 4.78 is 10.5. The van der Waals surface area contributed by atoms with Gasteiger partial charge in [-0.25, -0.2) is 10.2 Å². The summed E-state index contributed by atoms with van der Waals surface area (Å²) in [5.74, 6) is -0.168. The van der Waals surface area contributed by atoms with Crippen LogP contribution in [0.2, 0.25) is 5.02 Å². The van der Waals surface area contributed by atoms with Crippen LogP contribution in [0, 0.1) is 0 Å². The number of ether oxygens (including phenoxy) is 2. The molecule has 0 atom stereocenters. The lowest BCUT2D eigenvalue weighted by atomic mass is 10.1. The Kier molecular flexibility index (Phi) is 7.54. The predicted molar refractivity (Wildman–Crippen MR) is 133 cm³/mol. The van der Waals surface area contributed by atoms with Crippen LogP contribution in [-0.4, -0.2) is 35.4 Å². The fraction of sp³-hybridized carbons (Fsp3) is 0.0769. The highest BCUT2D eigenvalue weighted by Gasteiger charge is 2.11. The number of carbonyl (C=O) groups excluding carboxylic acids is 2. The number of esters is 1. The van der Waals surface area contributed by atoms with Crippen molar-refractivity contribution in [3.05, 3.63) is 106 Å². The number of halogens is 1. The molecule has 176 valence electrons. The highest BCUT2D eigenvalue weighted by molar-refractivity contribution is 6.31. The molecule has 0 spiro atoms. The standard InChI is InChI=1S/C26H21ClN4O4/c1-34-26(33)19-8-6-17(7-9-19)15-28-31-25(32)24-14-23(29-30-24)18-10-12-21(13-11-18)35-16-20-4-2-3-5-22(20)27/h2-15H,16H2,1H3,(H,29,30)(H,31,32)/b28-15+. The molecule has 1 aromatic heterocycles. The Morgan fingerprint density at radius 2 is 1.80 bits per heavy atom. The summed E-state index contributed by atoms with van der Waals surface area (Å²) in [5, 5.41) is 11.5. The minimum atomic E-state index is -0.439. The number of carbonyl (C=O) groups is 2. The maximum atomic E-state index is 12.4. The smallest absolute Gasteiger partial charge is 0.337 e. The zero-order valence-electron chi connectivity index (χ0n) is 18.7. The molecule has 0 unspecified atom stereocenters. The van der Waals surface area contributed by atoms with Gasteiger partial charge in [0.2, 0.25) is 0 Å². The molecule has 0 saturated heterocycles. The Morgan fingerprint density at radius 1 is 1.06 bits per heavy atom. The minimum absolute atomic E-state index is 0.261. The minimum Gasteiger partial charge on any atom is -0.489 e. The van der Waals surface area contributed by atoms with Gasteiger partial charge >= 0.3 is 5.97 Å². The number of aromatic amines is 1. The Hall–Kier alpha value is -4.43. The van der Waals surface area contributed by atoms with Crippen molar-refractivity contribution < 1.29 is 19.1 Å². The number of hydrogen-bond acceptors (Lipinski definition) is 6. The van der Waals surface area contributed by atoms with Crippen LogP contribution in [-0.2, 0) is 11.3 Å². The lowest BCUT2D eigenvalue weighted by molar-refractivity contribution is 0.0600. The molecule has 4 rings (SSSR count). The zero-order chi connectivity index (χ0) is 24.6. The van der Waals surface area contributed by atoms with E-state index in [2.05, 4.69) is 25.5 Å². The molecular formula is C26H21ClN4O4. The van der Waals surface area contributed by atoms with Crippen LogP contribution in [0.3, 0.4) is 0 Å². The second-order valence-corrected chi connectivity index (χ2v) is 7.79. The third-order valence-electron chi connectivity index (χ3n) is 5.04. The molecule has 0 saturated carbocycles. The van der Waals surface area contributed by atoms with E-state index in [1.54, 1.807) is 30.3 Å². The van der Waals surface area contributed by atoms with Crippen LogP contribution in [0.4, 0.5) is 0 Å². The monoisotopic (exact) mass is 488 g/mol. The summed E-state index contributed by atoms with van der Waals surface area (Å²) in [7, 11) is 1.32. The number of hydrazone groups is 1. The van der Waals surface area contributed by atoms with Crippen molar-refractivity contribution in [1.82, 2.24) is 15.6 Å². The van der Waals surface area contributed by atoms with Gasteiger partial charge in [0.15, 0.2) is 0 Å². The van der Waals surface area contributed by atoms with E-state index < -0.39 is 11.9 Å². The van der Waals surface area contributed by atoms with Crippen LogP contribution >= 0.6 is 11.6 Å². The number of nitrogens with zero attached hydrogens (tertiary/aromatic N) is 2. The van der Waals surface area contributed by atoms with E-state index in [-0.39, 0.29) is 5.69 Å². The first-order chi connectivity index (χ1) is 17.0. The quantitative estimate of drug-likeness (QED) is 0.209. The van der Waals surface area contributed by atoms with Gasteiger partial charge in [-0.15, -0.1) is 0 Å². The third kappa shape index (κ3) is 6.13. The first-order valence-corrected chi connectivity index (χ1v) is 10.9.